The molecule has 1 amide bonds. The number of carbonyl (C=O) groups is 1. The van der Waals surface area contributed by atoms with E-state index in [0.29, 0.717) is 13.1 Å². The van der Waals surface area contributed by atoms with E-state index in [9.17, 15) is 4.79 Å². The molecule has 86 valence electrons. The number of furan rings is 1. The third kappa shape index (κ3) is 3.79. The molecule has 1 heterocycles. The molecule has 0 spiro atoms. The van der Waals surface area contributed by atoms with Crippen LogP contribution in [-0.4, -0.2) is 30.9 Å². The molecule has 0 aliphatic heterocycles. The number of likely N-dealkylation sites (N-methyl/N-ethyl adjacent to an activating group) is 1. The fourth-order valence-corrected chi connectivity index (χ4v) is 1.27. The first kappa shape index (κ1) is 12.3. The van der Waals surface area contributed by atoms with E-state index in [4.69, 9.17) is 10.8 Å². The molecule has 0 aliphatic rings. The Hall–Kier alpha value is -1.73. The van der Waals surface area contributed by atoms with Gasteiger partial charge in [0.1, 0.15) is 11.5 Å². The topological polar surface area (TPSA) is 45.5 Å². The van der Waals surface area contributed by atoms with E-state index in [0.717, 1.165) is 11.5 Å². The molecule has 0 atom stereocenters. The van der Waals surface area contributed by atoms with Gasteiger partial charge in [-0.3, -0.25) is 10.1 Å². The highest BCUT2D eigenvalue weighted by molar-refractivity contribution is 5.77. The summed E-state index contributed by atoms with van der Waals surface area (Å²) in [6.45, 7) is 3.00. The third-order valence-corrected chi connectivity index (χ3v) is 2.12. The van der Waals surface area contributed by atoms with Gasteiger partial charge in [-0.05, 0) is 19.1 Å². The number of hydrogen-bond acceptors (Lipinski definition) is 3. The maximum atomic E-state index is 11.6. The average Bonchev–Trinajstić information content (AvgIpc) is 2.64. The van der Waals surface area contributed by atoms with E-state index in [2.05, 4.69) is 11.2 Å². The molecule has 0 bridgehead atoms. The molecular formula is C12H16N2O2. The van der Waals surface area contributed by atoms with Crippen LogP contribution >= 0.6 is 0 Å². The molecule has 0 radical (unpaired) electrons. The first-order chi connectivity index (χ1) is 7.63. The summed E-state index contributed by atoms with van der Waals surface area (Å²) in [5, 5.41) is 2.85. The van der Waals surface area contributed by atoms with E-state index < -0.39 is 0 Å². The quantitative estimate of drug-likeness (QED) is 0.589. The summed E-state index contributed by atoms with van der Waals surface area (Å²) in [7, 11) is 1.73. The second-order valence-corrected chi connectivity index (χ2v) is 3.57. The number of rotatable bonds is 5. The van der Waals surface area contributed by atoms with Crippen LogP contribution in [0.4, 0.5) is 0 Å². The van der Waals surface area contributed by atoms with E-state index in [1.54, 1.807) is 11.9 Å². The van der Waals surface area contributed by atoms with Gasteiger partial charge in [0, 0.05) is 7.05 Å². The number of hydrogen-bond donors (Lipinski definition) is 1. The summed E-state index contributed by atoms with van der Waals surface area (Å²) in [6, 6.07) is 3.75. The lowest BCUT2D eigenvalue weighted by Crippen LogP contribution is -2.35. The maximum Gasteiger partial charge on any atom is 0.236 e. The molecule has 16 heavy (non-hydrogen) atoms. The summed E-state index contributed by atoms with van der Waals surface area (Å²) in [5.41, 5.74) is 0. The Morgan fingerprint density at radius 3 is 2.94 bits per heavy atom. The van der Waals surface area contributed by atoms with Gasteiger partial charge < -0.3 is 9.32 Å². The van der Waals surface area contributed by atoms with Gasteiger partial charge in [0.05, 0.1) is 19.6 Å². The van der Waals surface area contributed by atoms with Crippen LogP contribution < -0.4 is 5.32 Å². The number of amides is 1. The number of nitrogens with zero attached hydrogens (tertiary/aromatic N) is 1. The molecule has 4 nitrogen and oxygen atoms in total. The summed E-state index contributed by atoms with van der Waals surface area (Å²) >= 11 is 0. The van der Waals surface area contributed by atoms with E-state index in [-0.39, 0.29) is 12.5 Å². The highest BCUT2D eigenvalue weighted by atomic mass is 16.3. The van der Waals surface area contributed by atoms with Crippen molar-refractivity contribution in [1.82, 2.24) is 10.2 Å². The van der Waals surface area contributed by atoms with Gasteiger partial charge in [0.15, 0.2) is 0 Å². The first-order valence-electron chi connectivity index (χ1n) is 5.07. The van der Waals surface area contributed by atoms with Gasteiger partial charge >= 0.3 is 0 Å². The van der Waals surface area contributed by atoms with Crippen molar-refractivity contribution < 1.29 is 9.21 Å². The summed E-state index contributed by atoms with van der Waals surface area (Å²) in [4.78, 5) is 13.2. The summed E-state index contributed by atoms with van der Waals surface area (Å²) in [6.07, 6.45) is 5.06. The summed E-state index contributed by atoms with van der Waals surface area (Å²) < 4.78 is 5.38. The minimum absolute atomic E-state index is 0.00990. The SMILES string of the molecule is C#CCNCC(=O)N(C)Cc1ccc(C)o1. The Bertz CT molecular complexity index is 390. The zero-order chi connectivity index (χ0) is 12.0. The average molecular weight is 220 g/mol. The zero-order valence-electron chi connectivity index (χ0n) is 9.62. The van der Waals surface area contributed by atoms with Crippen molar-refractivity contribution in [1.29, 1.82) is 0 Å². The molecule has 1 aromatic heterocycles. The van der Waals surface area contributed by atoms with Crippen LogP contribution in [0.25, 0.3) is 0 Å². The molecule has 0 saturated heterocycles. The lowest BCUT2D eigenvalue weighted by Gasteiger charge is -2.15. The van der Waals surface area contributed by atoms with E-state index in [1.165, 1.54) is 0 Å². The van der Waals surface area contributed by atoms with Crippen LogP contribution in [0.15, 0.2) is 16.5 Å². The molecule has 1 N–H and O–H groups in total. The highest BCUT2D eigenvalue weighted by Crippen LogP contribution is 2.08. The van der Waals surface area contributed by atoms with Crippen LogP contribution in [-0.2, 0) is 11.3 Å². The maximum absolute atomic E-state index is 11.6. The van der Waals surface area contributed by atoms with Gasteiger partial charge in [0.25, 0.3) is 0 Å². The number of terminal acetylenes is 1. The molecule has 0 fully saturated rings. The monoisotopic (exact) mass is 220 g/mol. The minimum Gasteiger partial charge on any atom is -0.464 e. The standard InChI is InChI=1S/C12H16N2O2/c1-4-7-13-8-12(15)14(3)9-11-6-5-10(2)16-11/h1,5-6,13H,7-9H2,2-3H3. The molecule has 4 heteroatoms. The van der Waals surface area contributed by atoms with Gasteiger partial charge in [-0.2, -0.15) is 0 Å². The Morgan fingerprint density at radius 1 is 1.62 bits per heavy atom. The second kappa shape index (κ2) is 5.99. The Morgan fingerprint density at radius 2 is 2.38 bits per heavy atom. The first-order valence-corrected chi connectivity index (χ1v) is 5.07. The van der Waals surface area contributed by atoms with Crippen molar-refractivity contribution in [3.63, 3.8) is 0 Å². The van der Waals surface area contributed by atoms with E-state index in [1.807, 2.05) is 19.1 Å². The van der Waals surface area contributed by atoms with Crippen molar-refractivity contribution in [2.45, 2.75) is 13.5 Å². The van der Waals surface area contributed by atoms with Crippen molar-refractivity contribution in [3.8, 4) is 12.3 Å². The van der Waals surface area contributed by atoms with Crippen molar-refractivity contribution in [2.24, 2.45) is 0 Å². The molecule has 0 aliphatic carbocycles. The predicted octanol–water partition coefficient (Wildman–Crippen LogP) is 0.769. The Balaban J connectivity index is 2.37. The van der Waals surface area contributed by atoms with Gasteiger partial charge in [0.2, 0.25) is 5.91 Å². The molecule has 1 rings (SSSR count). The van der Waals surface area contributed by atoms with Crippen molar-refractivity contribution in [3.05, 3.63) is 23.7 Å². The van der Waals surface area contributed by atoms with Crippen molar-refractivity contribution >= 4 is 5.91 Å². The number of nitrogens with one attached hydrogen (secondary N) is 1. The van der Waals surface area contributed by atoms with Crippen LogP contribution in [0.2, 0.25) is 0 Å². The van der Waals surface area contributed by atoms with Crippen LogP contribution in [0.5, 0.6) is 0 Å². The minimum atomic E-state index is -0.00990. The lowest BCUT2D eigenvalue weighted by atomic mass is 10.4. The third-order valence-electron chi connectivity index (χ3n) is 2.12. The number of aryl methyl sites for hydroxylation is 1. The molecule has 0 saturated carbocycles. The molecular weight excluding hydrogens is 204 g/mol. The largest absolute Gasteiger partial charge is 0.464 e. The lowest BCUT2D eigenvalue weighted by molar-refractivity contribution is -0.129. The smallest absolute Gasteiger partial charge is 0.236 e. The van der Waals surface area contributed by atoms with Gasteiger partial charge in [-0.15, -0.1) is 6.42 Å². The Labute approximate surface area is 95.6 Å². The fourth-order valence-electron chi connectivity index (χ4n) is 1.27. The highest BCUT2D eigenvalue weighted by Gasteiger charge is 2.10. The van der Waals surface area contributed by atoms with Crippen LogP contribution in [0.1, 0.15) is 11.5 Å². The normalized spacial score (nSPS) is 9.81. The van der Waals surface area contributed by atoms with Crippen LogP contribution in [0.3, 0.4) is 0 Å². The van der Waals surface area contributed by atoms with Gasteiger partial charge in [-0.1, -0.05) is 5.92 Å². The van der Waals surface area contributed by atoms with E-state index >= 15 is 0 Å². The predicted molar refractivity (Wildman–Crippen MR) is 61.6 cm³/mol. The molecule has 1 aromatic rings. The van der Waals surface area contributed by atoms with Crippen molar-refractivity contribution in [2.75, 3.05) is 20.1 Å². The Kier molecular flexibility index (Phi) is 4.62. The van der Waals surface area contributed by atoms with Crippen LogP contribution in [0, 0.1) is 19.3 Å². The van der Waals surface area contributed by atoms with Gasteiger partial charge in [-0.25, -0.2) is 0 Å². The number of carbonyl (C=O) groups excluding carboxylic acids is 1. The molecule has 0 aromatic carbocycles. The zero-order valence-corrected chi connectivity index (χ0v) is 9.62. The fraction of sp³-hybridized carbons (Fsp3) is 0.417. The molecule has 0 unspecified atom stereocenters. The second-order valence-electron chi connectivity index (χ2n) is 3.57. The summed E-state index contributed by atoms with van der Waals surface area (Å²) in [5.74, 6) is 4.04.